The molecular weight excluding hydrogens is 361 g/mol. The molecule has 0 radical (unpaired) electrons. The highest BCUT2D eigenvalue weighted by Crippen LogP contribution is 2.31. The summed E-state index contributed by atoms with van der Waals surface area (Å²) in [6.07, 6.45) is 0. The Labute approximate surface area is 154 Å². The van der Waals surface area contributed by atoms with Crippen molar-refractivity contribution in [2.75, 3.05) is 0 Å². The second-order valence-corrected chi connectivity index (χ2v) is 7.78. The number of rotatable bonds is 4. The Morgan fingerprint density at radius 2 is 1.88 bits per heavy atom. The van der Waals surface area contributed by atoms with Crippen LogP contribution in [0, 0.1) is 0 Å². The molecule has 2 nitrogen and oxygen atoms in total. The highest BCUT2D eigenvalue weighted by atomic mass is 35.5. The number of hydrogen-bond acceptors (Lipinski definition) is 2. The van der Waals surface area contributed by atoms with E-state index in [2.05, 4.69) is 24.3 Å². The highest BCUT2D eigenvalue weighted by Gasteiger charge is 2.06. The summed E-state index contributed by atoms with van der Waals surface area (Å²) in [5.41, 5.74) is 0.970. The van der Waals surface area contributed by atoms with Gasteiger partial charge in [-0.3, -0.25) is 5.14 Å². The van der Waals surface area contributed by atoms with Crippen LogP contribution in [0.4, 0.5) is 0 Å². The van der Waals surface area contributed by atoms with E-state index in [0.717, 1.165) is 27.0 Å². The Kier molecular flexibility index (Phi) is 5.47. The molecule has 0 aliphatic carbocycles. The van der Waals surface area contributed by atoms with Crippen molar-refractivity contribution in [2.24, 2.45) is 5.14 Å². The van der Waals surface area contributed by atoms with Crippen LogP contribution in [-0.4, -0.2) is 5.37 Å². The number of halogens is 2. The molecule has 0 aliphatic heterocycles. The van der Waals surface area contributed by atoms with Crippen LogP contribution in [0.5, 0.6) is 5.75 Å². The van der Waals surface area contributed by atoms with Crippen molar-refractivity contribution < 1.29 is 4.74 Å². The van der Waals surface area contributed by atoms with Crippen LogP contribution >= 0.6 is 33.9 Å². The predicted octanol–water partition coefficient (Wildman–Crippen LogP) is 6.05. The minimum absolute atomic E-state index is 0.363. The zero-order chi connectivity index (χ0) is 17.1. The van der Waals surface area contributed by atoms with Crippen LogP contribution in [0.25, 0.3) is 10.8 Å². The summed E-state index contributed by atoms with van der Waals surface area (Å²) in [4.78, 5) is 1.09. The molecule has 0 saturated heterocycles. The number of nitrogens with two attached hydrogens (primary N) is 1. The first kappa shape index (κ1) is 17.3. The van der Waals surface area contributed by atoms with E-state index < -0.39 is 0 Å². The van der Waals surface area contributed by atoms with E-state index in [1.165, 1.54) is 0 Å². The maximum Gasteiger partial charge on any atom is 0.127 e. The summed E-state index contributed by atoms with van der Waals surface area (Å²) in [6.45, 7) is 2.40. The SMILES string of the molecule is C/C=S(/N)c1ccc2cccc(OCc3ccc(Cl)c(Cl)c3)c2c1. The average molecular weight is 378 g/mol. The molecule has 2 N–H and O–H groups in total. The van der Waals surface area contributed by atoms with Gasteiger partial charge in [-0.2, -0.15) is 0 Å². The zero-order valence-electron chi connectivity index (χ0n) is 13.1. The van der Waals surface area contributed by atoms with Crippen LogP contribution in [0.2, 0.25) is 10.0 Å². The van der Waals surface area contributed by atoms with Gasteiger partial charge in [0.05, 0.1) is 10.0 Å². The fraction of sp³-hybridized carbons (Fsp3) is 0.105. The molecular formula is C19H17Cl2NOS. The molecule has 0 fully saturated rings. The molecule has 1 unspecified atom stereocenters. The van der Waals surface area contributed by atoms with Crippen molar-refractivity contribution in [1.82, 2.24) is 0 Å². The lowest BCUT2D eigenvalue weighted by Gasteiger charge is -2.12. The highest BCUT2D eigenvalue weighted by molar-refractivity contribution is 8.13. The summed E-state index contributed by atoms with van der Waals surface area (Å²) < 4.78 is 6.02. The lowest BCUT2D eigenvalue weighted by Crippen LogP contribution is -1.96. The van der Waals surface area contributed by atoms with E-state index in [-0.39, 0.29) is 10.7 Å². The molecule has 0 aliphatic rings. The van der Waals surface area contributed by atoms with Crippen LogP contribution < -0.4 is 9.88 Å². The Morgan fingerprint density at radius 1 is 1.04 bits per heavy atom. The number of ether oxygens (including phenoxy) is 1. The summed E-state index contributed by atoms with van der Waals surface area (Å²) in [7, 11) is -0.363. The maximum atomic E-state index is 6.14. The van der Waals surface area contributed by atoms with Crippen molar-refractivity contribution in [2.45, 2.75) is 18.4 Å². The van der Waals surface area contributed by atoms with Gasteiger partial charge in [-0.15, -0.1) is 0 Å². The minimum Gasteiger partial charge on any atom is -0.488 e. The minimum atomic E-state index is -0.363. The first-order chi connectivity index (χ1) is 11.6. The number of hydrogen-bond donors (Lipinski definition) is 1. The molecule has 124 valence electrons. The summed E-state index contributed by atoms with van der Waals surface area (Å²) in [6, 6.07) is 17.8. The molecule has 5 heteroatoms. The van der Waals surface area contributed by atoms with Gasteiger partial charge in [0.25, 0.3) is 0 Å². The topological polar surface area (TPSA) is 35.2 Å². The van der Waals surface area contributed by atoms with Crippen LogP contribution in [0.3, 0.4) is 0 Å². The van der Waals surface area contributed by atoms with Gasteiger partial charge in [-0.25, -0.2) is 0 Å². The third-order valence-corrected chi connectivity index (χ3v) is 5.76. The Morgan fingerprint density at radius 3 is 2.62 bits per heavy atom. The molecule has 0 aromatic heterocycles. The van der Waals surface area contributed by atoms with Gasteiger partial charge in [0, 0.05) is 10.3 Å². The lowest BCUT2D eigenvalue weighted by molar-refractivity contribution is 0.310. The molecule has 0 amide bonds. The molecule has 0 spiro atoms. The summed E-state index contributed by atoms with van der Waals surface area (Å²) >= 11 is 12.0. The summed E-state index contributed by atoms with van der Waals surface area (Å²) in [5, 5.41) is 11.4. The molecule has 1 atom stereocenters. The van der Waals surface area contributed by atoms with Gasteiger partial charge in [-0.05, 0) is 53.6 Å². The fourth-order valence-corrected chi connectivity index (χ4v) is 3.49. The quantitative estimate of drug-likeness (QED) is 0.561. The van der Waals surface area contributed by atoms with Crippen LogP contribution in [-0.2, 0) is 6.61 Å². The predicted molar refractivity (Wildman–Crippen MR) is 107 cm³/mol. The third kappa shape index (κ3) is 3.76. The number of benzene rings is 3. The van der Waals surface area contributed by atoms with Gasteiger partial charge >= 0.3 is 0 Å². The smallest absolute Gasteiger partial charge is 0.127 e. The monoisotopic (exact) mass is 377 g/mol. The van der Waals surface area contributed by atoms with Gasteiger partial charge in [-0.1, -0.05) is 58.1 Å². The largest absolute Gasteiger partial charge is 0.488 e. The van der Waals surface area contributed by atoms with E-state index in [9.17, 15) is 0 Å². The second kappa shape index (κ2) is 7.58. The molecule has 0 saturated carbocycles. The van der Waals surface area contributed by atoms with Gasteiger partial charge in [0.15, 0.2) is 0 Å². The first-order valence-electron chi connectivity index (χ1n) is 7.45. The standard InChI is InChI=1S/C19H17Cl2NOS/c1-2-24(22)15-8-7-14-4-3-5-19(16(14)11-15)23-12-13-6-9-17(20)18(21)10-13/h2-11H,12,22H2,1H3. The van der Waals surface area contributed by atoms with Crippen LogP contribution in [0.1, 0.15) is 12.5 Å². The van der Waals surface area contributed by atoms with E-state index in [0.29, 0.717) is 16.7 Å². The van der Waals surface area contributed by atoms with Crippen LogP contribution in [0.15, 0.2) is 59.5 Å². The molecule has 3 rings (SSSR count). The molecule has 0 bridgehead atoms. The normalized spacial score (nSPS) is 12.5. The Hall–Kier alpha value is -1.52. The van der Waals surface area contributed by atoms with Gasteiger partial charge < -0.3 is 4.74 Å². The maximum absolute atomic E-state index is 6.14. The van der Waals surface area contributed by atoms with E-state index in [1.54, 1.807) is 6.07 Å². The zero-order valence-corrected chi connectivity index (χ0v) is 15.5. The second-order valence-electron chi connectivity index (χ2n) is 5.28. The van der Waals surface area contributed by atoms with Crippen molar-refractivity contribution in [3.8, 4) is 5.75 Å². The van der Waals surface area contributed by atoms with E-state index in [1.807, 2.05) is 36.6 Å². The lowest BCUT2D eigenvalue weighted by atomic mass is 10.1. The van der Waals surface area contributed by atoms with Crippen molar-refractivity contribution in [1.29, 1.82) is 0 Å². The average Bonchev–Trinajstić information content (AvgIpc) is 2.61. The summed E-state index contributed by atoms with van der Waals surface area (Å²) in [5.74, 6) is 0.827. The Balaban J connectivity index is 1.92. The molecule has 3 aromatic rings. The van der Waals surface area contributed by atoms with E-state index in [4.69, 9.17) is 33.1 Å². The van der Waals surface area contributed by atoms with Crippen molar-refractivity contribution >= 4 is 50.0 Å². The van der Waals surface area contributed by atoms with Gasteiger partial charge in [0.2, 0.25) is 0 Å². The number of fused-ring (bicyclic) bond motifs is 1. The van der Waals surface area contributed by atoms with Crippen molar-refractivity contribution in [3.05, 3.63) is 70.2 Å². The molecule has 3 aromatic carbocycles. The fourth-order valence-electron chi connectivity index (χ4n) is 2.42. The molecule has 24 heavy (non-hydrogen) atoms. The first-order valence-corrected chi connectivity index (χ1v) is 9.55. The Bertz CT molecular complexity index is 924. The third-order valence-electron chi connectivity index (χ3n) is 3.72. The molecule has 0 heterocycles. The van der Waals surface area contributed by atoms with Crippen molar-refractivity contribution in [3.63, 3.8) is 0 Å². The van der Waals surface area contributed by atoms with Gasteiger partial charge in [0.1, 0.15) is 12.4 Å². The van der Waals surface area contributed by atoms with E-state index >= 15 is 0 Å².